The number of aromatic nitrogens is 1. The molecule has 102 valence electrons. The summed E-state index contributed by atoms with van der Waals surface area (Å²) in [5.74, 6) is 0. The Kier molecular flexibility index (Phi) is 3.67. The minimum absolute atomic E-state index is 0.138. The van der Waals surface area contributed by atoms with E-state index in [9.17, 15) is 0 Å². The Morgan fingerprint density at radius 1 is 1.15 bits per heavy atom. The number of aliphatic hydroxyl groups is 1. The molecule has 4 heteroatoms. The first kappa shape index (κ1) is 13.1. The molecule has 0 atom stereocenters. The molecule has 0 aliphatic heterocycles. The van der Waals surface area contributed by atoms with Crippen LogP contribution >= 0.6 is 11.3 Å². The molecule has 1 heterocycles. The van der Waals surface area contributed by atoms with Crippen molar-refractivity contribution in [3.63, 3.8) is 0 Å². The Morgan fingerprint density at radius 3 is 2.70 bits per heavy atom. The predicted molar refractivity (Wildman–Crippen MR) is 85.4 cm³/mol. The van der Waals surface area contributed by atoms with Gasteiger partial charge in [-0.2, -0.15) is 0 Å². The lowest BCUT2D eigenvalue weighted by molar-refractivity contribution is 0.311. The van der Waals surface area contributed by atoms with Gasteiger partial charge in [-0.3, -0.25) is 0 Å². The second-order valence-electron chi connectivity index (χ2n) is 4.72. The lowest BCUT2D eigenvalue weighted by Crippen LogP contribution is -2.04. The van der Waals surface area contributed by atoms with E-state index < -0.39 is 0 Å². The molecule has 20 heavy (non-hydrogen) atoms. The zero-order valence-corrected chi connectivity index (χ0v) is 12.1. The van der Waals surface area contributed by atoms with Gasteiger partial charge in [0, 0.05) is 17.8 Å². The number of thiazole rings is 1. The second-order valence-corrected chi connectivity index (χ2v) is 5.75. The topological polar surface area (TPSA) is 45.1 Å². The zero-order valence-electron chi connectivity index (χ0n) is 11.3. The fourth-order valence-corrected chi connectivity index (χ4v) is 3.04. The van der Waals surface area contributed by atoms with E-state index in [-0.39, 0.29) is 6.61 Å². The number of benzene rings is 2. The summed E-state index contributed by atoms with van der Waals surface area (Å²) in [6, 6.07) is 14.5. The van der Waals surface area contributed by atoms with Crippen molar-refractivity contribution >= 4 is 27.2 Å². The largest absolute Gasteiger partial charge is 0.395 e. The van der Waals surface area contributed by atoms with Gasteiger partial charge in [0.05, 0.1) is 16.8 Å². The highest BCUT2D eigenvalue weighted by atomic mass is 32.1. The summed E-state index contributed by atoms with van der Waals surface area (Å²) in [4.78, 5) is 4.69. The third-order valence-corrected chi connectivity index (χ3v) is 4.20. The first-order chi connectivity index (χ1) is 9.76. The number of hydrogen-bond acceptors (Lipinski definition) is 4. The van der Waals surface area contributed by atoms with Gasteiger partial charge in [0.15, 0.2) is 0 Å². The van der Waals surface area contributed by atoms with Gasteiger partial charge in [-0.15, -0.1) is 11.3 Å². The second kappa shape index (κ2) is 5.61. The molecule has 0 fully saturated rings. The molecule has 0 aliphatic carbocycles. The number of hydrogen-bond donors (Lipinski definition) is 2. The van der Waals surface area contributed by atoms with Crippen molar-refractivity contribution in [3.05, 3.63) is 48.0 Å². The SMILES string of the molecule is Cc1ccc2sc(-c3ccc(NCCO)cc3)nc2c1. The van der Waals surface area contributed by atoms with E-state index in [1.807, 2.05) is 12.1 Å². The van der Waals surface area contributed by atoms with Crippen molar-refractivity contribution in [3.8, 4) is 10.6 Å². The van der Waals surface area contributed by atoms with Crippen LogP contribution in [0.15, 0.2) is 42.5 Å². The van der Waals surface area contributed by atoms with Crippen LogP contribution in [0.2, 0.25) is 0 Å². The lowest BCUT2D eigenvalue weighted by Gasteiger charge is -2.04. The molecule has 2 N–H and O–H groups in total. The van der Waals surface area contributed by atoms with E-state index in [1.165, 1.54) is 10.3 Å². The molecule has 0 unspecified atom stereocenters. The van der Waals surface area contributed by atoms with Gasteiger partial charge < -0.3 is 10.4 Å². The number of anilines is 1. The molecular weight excluding hydrogens is 268 g/mol. The molecular formula is C16H16N2OS. The Bertz CT molecular complexity index is 719. The Labute approximate surface area is 121 Å². The molecule has 0 bridgehead atoms. The molecule has 3 nitrogen and oxygen atoms in total. The van der Waals surface area contributed by atoms with Crippen molar-refractivity contribution in [2.75, 3.05) is 18.5 Å². The standard InChI is InChI=1S/C16H16N2OS/c1-11-2-7-15-14(10-11)18-16(20-15)12-3-5-13(6-4-12)17-8-9-19/h2-7,10,17,19H,8-9H2,1H3. The molecule has 0 saturated carbocycles. The van der Waals surface area contributed by atoms with Crippen molar-refractivity contribution in [2.24, 2.45) is 0 Å². The summed E-state index contributed by atoms with van der Waals surface area (Å²) in [7, 11) is 0. The summed E-state index contributed by atoms with van der Waals surface area (Å²) in [5.41, 5.74) is 4.43. The van der Waals surface area contributed by atoms with Crippen molar-refractivity contribution in [1.29, 1.82) is 0 Å². The summed E-state index contributed by atoms with van der Waals surface area (Å²) in [5, 5.41) is 13.0. The third kappa shape index (κ3) is 2.66. The smallest absolute Gasteiger partial charge is 0.124 e. The molecule has 0 spiro atoms. The van der Waals surface area contributed by atoms with Gasteiger partial charge in [0.2, 0.25) is 0 Å². The first-order valence-corrected chi connectivity index (χ1v) is 7.40. The number of aliphatic hydroxyl groups excluding tert-OH is 1. The first-order valence-electron chi connectivity index (χ1n) is 6.58. The van der Waals surface area contributed by atoms with Gasteiger partial charge in [-0.1, -0.05) is 6.07 Å². The summed E-state index contributed by atoms with van der Waals surface area (Å²) in [6.07, 6.45) is 0. The van der Waals surface area contributed by atoms with Crippen LogP contribution < -0.4 is 5.32 Å². The third-order valence-electron chi connectivity index (χ3n) is 3.12. The van der Waals surface area contributed by atoms with E-state index in [1.54, 1.807) is 11.3 Å². The number of aryl methyl sites for hydroxylation is 1. The van der Waals surface area contributed by atoms with Crippen LogP contribution in [-0.4, -0.2) is 23.2 Å². The highest BCUT2D eigenvalue weighted by Gasteiger charge is 2.06. The quantitative estimate of drug-likeness (QED) is 0.768. The average Bonchev–Trinajstić information content (AvgIpc) is 2.88. The fraction of sp³-hybridized carbons (Fsp3) is 0.188. The van der Waals surface area contributed by atoms with Gasteiger partial charge in [0.1, 0.15) is 5.01 Å². The fourth-order valence-electron chi connectivity index (χ4n) is 2.09. The van der Waals surface area contributed by atoms with Crippen LogP contribution in [0.25, 0.3) is 20.8 Å². The van der Waals surface area contributed by atoms with Crippen LogP contribution in [0, 0.1) is 6.92 Å². The monoisotopic (exact) mass is 284 g/mol. The van der Waals surface area contributed by atoms with Crippen LogP contribution in [0.3, 0.4) is 0 Å². The van der Waals surface area contributed by atoms with E-state index in [0.29, 0.717) is 6.54 Å². The maximum atomic E-state index is 8.79. The number of rotatable bonds is 4. The predicted octanol–water partition coefficient (Wildman–Crippen LogP) is 3.68. The maximum Gasteiger partial charge on any atom is 0.124 e. The summed E-state index contributed by atoms with van der Waals surface area (Å²) in [6.45, 7) is 2.79. The molecule has 3 rings (SSSR count). The highest BCUT2D eigenvalue weighted by molar-refractivity contribution is 7.21. The molecule has 0 aliphatic rings. The Balaban J connectivity index is 1.90. The van der Waals surface area contributed by atoms with Gasteiger partial charge in [-0.05, 0) is 48.9 Å². The van der Waals surface area contributed by atoms with E-state index in [4.69, 9.17) is 10.1 Å². The number of nitrogens with one attached hydrogen (secondary N) is 1. The minimum atomic E-state index is 0.138. The molecule has 0 saturated heterocycles. The molecule has 3 aromatic rings. The zero-order chi connectivity index (χ0) is 13.9. The average molecular weight is 284 g/mol. The maximum absolute atomic E-state index is 8.79. The summed E-state index contributed by atoms with van der Waals surface area (Å²) < 4.78 is 1.22. The normalized spacial score (nSPS) is 10.9. The molecule has 0 radical (unpaired) electrons. The van der Waals surface area contributed by atoms with E-state index in [0.717, 1.165) is 21.8 Å². The lowest BCUT2D eigenvalue weighted by atomic mass is 10.2. The van der Waals surface area contributed by atoms with Crippen molar-refractivity contribution in [1.82, 2.24) is 4.98 Å². The van der Waals surface area contributed by atoms with E-state index in [2.05, 4.69) is 42.6 Å². The molecule has 1 aromatic heterocycles. The Hall–Kier alpha value is -1.91. The van der Waals surface area contributed by atoms with Crippen molar-refractivity contribution in [2.45, 2.75) is 6.92 Å². The van der Waals surface area contributed by atoms with Crippen LogP contribution in [-0.2, 0) is 0 Å². The van der Waals surface area contributed by atoms with Crippen LogP contribution in [0.4, 0.5) is 5.69 Å². The number of fused-ring (bicyclic) bond motifs is 1. The van der Waals surface area contributed by atoms with Crippen LogP contribution in [0.5, 0.6) is 0 Å². The van der Waals surface area contributed by atoms with Gasteiger partial charge >= 0.3 is 0 Å². The number of nitrogens with zero attached hydrogens (tertiary/aromatic N) is 1. The van der Waals surface area contributed by atoms with E-state index >= 15 is 0 Å². The molecule has 2 aromatic carbocycles. The highest BCUT2D eigenvalue weighted by Crippen LogP contribution is 2.31. The summed E-state index contributed by atoms with van der Waals surface area (Å²) >= 11 is 1.71. The van der Waals surface area contributed by atoms with Gasteiger partial charge in [-0.25, -0.2) is 4.98 Å². The van der Waals surface area contributed by atoms with Crippen molar-refractivity contribution < 1.29 is 5.11 Å². The Morgan fingerprint density at radius 2 is 1.95 bits per heavy atom. The van der Waals surface area contributed by atoms with Crippen LogP contribution in [0.1, 0.15) is 5.56 Å². The minimum Gasteiger partial charge on any atom is -0.395 e. The van der Waals surface area contributed by atoms with Gasteiger partial charge in [0.25, 0.3) is 0 Å². The molecule has 0 amide bonds.